The number of carbonyl (C=O) groups excluding carboxylic acids is 2. The van der Waals surface area contributed by atoms with Gasteiger partial charge in [-0.3, -0.25) is 9.59 Å². The Balaban J connectivity index is 3.88. The highest BCUT2D eigenvalue weighted by Gasteiger charge is 2.18. The van der Waals surface area contributed by atoms with E-state index in [1.807, 2.05) is 0 Å². The van der Waals surface area contributed by atoms with Crippen LogP contribution in [-0.4, -0.2) is 19.0 Å². The minimum atomic E-state index is -0.838. The van der Waals surface area contributed by atoms with E-state index in [4.69, 9.17) is 5.73 Å². The van der Waals surface area contributed by atoms with Gasteiger partial charge in [0.25, 0.3) is 0 Å². The van der Waals surface area contributed by atoms with Gasteiger partial charge in [0.1, 0.15) is 5.92 Å². The van der Waals surface area contributed by atoms with Crippen molar-refractivity contribution in [2.45, 2.75) is 6.92 Å². The predicted octanol–water partition coefficient (Wildman–Crippen LogP) is -0.719. The molecule has 1 amide bonds. The molecule has 0 saturated carbocycles. The average Bonchev–Trinajstić information content (AvgIpc) is 1.84. The zero-order valence-corrected chi connectivity index (χ0v) is 5.38. The highest BCUT2D eigenvalue weighted by Crippen LogP contribution is 1.94. The molecule has 1 atom stereocenters. The summed E-state index contributed by atoms with van der Waals surface area (Å²) in [5.41, 5.74) is 4.77. The Morgan fingerprint density at radius 1 is 1.56 bits per heavy atom. The van der Waals surface area contributed by atoms with Crippen LogP contribution in [0.5, 0.6) is 0 Å². The van der Waals surface area contributed by atoms with Crippen LogP contribution in [0.4, 0.5) is 0 Å². The summed E-state index contributed by atoms with van der Waals surface area (Å²) in [6.07, 6.45) is 0. The van der Waals surface area contributed by atoms with E-state index in [-0.39, 0.29) is 0 Å². The lowest BCUT2D eigenvalue weighted by Crippen LogP contribution is -2.28. The molecule has 0 bridgehead atoms. The molecule has 0 aromatic heterocycles. The Kier molecular flexibility index (Phi) is 2.70. The lowest BCUT2D eigenvalue weighted by atomic mass is 10.2. The topological polar surface area (TPSA) is 69.4 Å². The van der Waals surface area contributed by atoms with Gasteiger partial charge >= 0.3 is 5.97 Å². The molecule has 0 aliphatic rings. The molecule has 4 heteroatoms. The SMILES string of the molecule is COC(=O)C(C)C(N)=O. The summed E-state index contributed by atoms with van der Waals surface area (Å²) in [4.78, 5) is 20.7. The van der Waals surface area contributed by atoms with Crippen LogP contribution in [-0.2, 0) is 14.3 Å². The minimum absolute atomic E-state index is 0.595. The summed E-state index contributed by atoms with van der Waals surface area (Å²) >= 11 is 0. The van der Waals surface area contributed by atoms with Crippen molar-refractivity contribution in [2.24, 2.45) is 11.7 Å². The van der Waals surface area contributed by atoms with E-state index < -0.39 is 17.8 Å². The van der Waals surface area contributed by atoms with Crippen molar-refractivity contribution in [3.63, 3.8) is 0 Å². The number of methoxy groups -OCH3 is 1. The van der Waals surface area contributed by atoms with E-state index in [0.717, 1.165) is 0 Å². The lowest BCUT2D eigenvalue weighted by Gasteiger charge is -2.01. The fraction of sp³-hybridized carbons (Fsp3) is 0.600. The van der Waals surface area contributed by atoms with Crippen LogP contribution in [0.3, 0.4) is 0 Å². The van der Waals surface area contributed by atoms with Gasteiger partial charge in [-0.15, -0.1) is 0 Å². The Morgan fingerprint density at radius 3 is 2.11 bits per heavy atom. The Labute approximate surface area is 53.0 Å². The third-order valence-corrected chi connectivity index (χ3v) is 0.982. The van der Waals surface area contributed by atoms with E-state index in [0.29, 0.717) is 0 Å². The molecule has 4 nitrogen and oxygen atoms in total. The second-order valence-corrected chi connectivity index (χ2v) is 1.65. The number of hydrogen-bond donors (Lipinski definition) is 1. The van der Waals surface area contributed by atoms with Crippen molar-refractivity contribution in [3.8, 4) is 0 Å². The normalized spacial score (nSPS) is 12.2. The largest absolute Gasteiger partial charge is 0.468 e. The molecule has 52 valence electrons. The van der Waals surface area contributed by atoms with Gasteiger partial charge in [-0.1, -0.05) is 0 Å². The van der Waals surface area contributed by atoms with Gasteiger partial charge in [0.05, 0.1) is 7.11 Å². The molecule has 0 heterocycles. The van der Waals surface area contributed by atoms with Gasteiger partial charge in [-0.2, -0.15) is 0 Å². The maximum atomic E-state index is 10.4. The maximum absolute atomic E-state index is 10.4. The Morgan fingerprint density at radius 2 is 2.00 bits per heavy atom. The monoisotopic (exact) mass is 131 g/mol. The maximum Gasteiger partial charge on any atom is 0.317 e. The summed E-state index contributed by atoms with van der Waals surface area (Å²) in [5.74, 6) is -2.10. The zero-order valence-electron chi connectivity index (χ0n) is 5.38. The van der Waals surface area contributed by atoms with E-state index >= 15 is 0 Å². The summed E-state index contributed by atoms with van der Waals surface area (Å²) in [7, 11) is 1.21. The van der Waals surface area contributed by atoms with Gasteiger partial charge in [0, 0.05) is 0 Å². The smallest absolute Gasteiger partial charge is 0.317 e. The highest BCUT2D eigenvalue weighted by atomic mass is 16.5. The summed E-state index contributed by atoms with van der Waals surface area (Å²) in [6.45, 7) is 1.40. The first kappa shape index (κ1) is 7.94. The fourth-order valence-electron chi connectivity index (χ4n) is 0.293. The van der Waals surface area contributed by atoms with Gasteiger partial charge in [-0.05, 0) is 6.92 Å². The van der Waals surface area contributed by atoms with E-state index in [2.05, 4.69) is 4.74 Å². The molecule has 0 fully saturated rings. The summed E-state index contributed by atoms with van der Waals surface area (Å²) in [5, 5.41) is 0. The summed E-state index contributed by atoms with van der Waals surface area (Å²) in [6, 6.07) is 0. The number of amides is 1. The summed E-state index contributed by atoms with van der Waals surface area (Å²) < 4.78 is 4.23. The van der Waals surface area contributed by atoms with Crippen LogP contribution in [0.2, 0.25) is 0 Å². The standard InChI is InChI=1S/C5H9NO3/c1-3(4(6)7)5(8)9-2/h3H,1-2H3,(H2,6,7). The number of rotatable bonds is 2. The molecule has 0 spiro atoms. The molecule has 0 aliphatic heterocycles. The number of nitrogens with two attached hydrogens (primary N) is 1. The molecule has 0 radical (unpaired) electrons. The predicted molar refractivity (Wildman–Crippen MR) is 30.4 cm³/mol. The highest BCUT2D eigenvalue weighted by molar-refractivity contribution is 5.96. The molecule has 0 aromatic carbocycles. The number of esters is 1. The Hall–Kier alpha value is -1.06. The zero-order chi connectivity index (χ0) is 7.44. The lowest BCUT2D eigenvalue weighted by molar-refractivity contribution is -0.148. The molecule has 2 N–H and O–H groups in total. The van der Waals surface area contributed by atoms with E-state index in [9.17, 15) is 9.59 Å². The molecule has 0 aromatic rings. The first-order valence-corrected chi connectivity index (χ1v) is 2.46. The van der Waals surface area contributed by atoms with E-state index in [1.165, 1.54) is 14.0 Å². The first-order valence-electron chi connectivity index (χ1n) is 2.46. The van der Waals surface area contributed by atoms with Gasteiger partial charge < -0.3 is 10.5 Å². The quantitative estimate of drug-likeness (QED) is 0.397. The van der Waals surface area contributed by atoms with Gasteiger partial charge in [0.15, 0.2) is 0 Å². The second kappa shape index (κ2) is 3.06. The number of ether oxygens (including phenoxy) is 1. The van der Waals surface area contributed by atoms with Gasteiger partial charge in [0.2, 0.25) is 5.91 Å². The van der Waals surface area contributed by atoms with Crippen LogP contribution in [0.1, 0.15) is 6.92 Å². The molecular weight excluding hydrogens is 122 g/mol. The molecule has 0 rings (SSSR count). The third kappa shape index (κ3) is 2.12. The second-order valence-electron chi connectivity index (χ2n) is 1.65. The van der Waals surface area contributed by atoms with Crippen LogP contribution < -0.4 is 5.73 Å². The fourth-order valence-corrected chi connectivity index (χ4v) is 0.293. The minimum Gasteiger partial charge on any atom is -0.468 e. The van der Waals surface area contributed by atoms with Crippen molar-refractivity contribution in [1.82, 2.24) is 0 Å². The van der Waals surface area contributed by atoms with Crippen molar-refractivity contribution in [2.75, 3.05) is 7.11 Å². The van der Waals surface area contributed by atoms with Crippen LogP contribution >= 0.6 is 0 Å². The van der Waals surface area contributed by atoms with Crippen LogP contribution in [0, 0.1) is 5.92 Å². The molecule has 0 saturated heterocycles. The van der Waals surface area contributed by atoms with E-state index in [1.54, 1.807) is 0 Å². The van der Waals surface area contributed by atoms with Crippen molar-refractivity contribution >= 4 is 11.9 Å². The van der Waals surface area contributed by atoms with Crippen LogP contribution in [0.15, 0.2) is 0 Å². The van der Waals surface area contributed by atoms with Crippen LogP contribution in [0.25, 0.3) is 0 Å². The Bertz CT molecular complexity index is 132. The van der Waals surface area contributed by atoms with Crippen molar-refractivity contribution in [1.29, 1.82) is 0 Å². The molecular formula is C5H9NO3. The van der Waals surface area contributed by atoms with Crippen molar-refractivity contribution in [3.05, 3.63) is 0 Å². The van der Waals surface area contributed by atoms with Gasteiger partial charge in [-0.25, -0.2) is 0 Å². The third-order valence-electron chi connectivity index (χ3n) is 0.982. The number of hydrogen-bond acceptors (Lipinski definition) is 3. The first-order chi connectivity index (χ1) is 4.09. The molecule has 1 unspecified atom stereocenters. The average molecular weight is 131 g/mol. The number of primary amides is 1. The van der Waals surface area contributed by atoms with Crippen molar-refractivity contribution < 1.29 is 14.3 Å². The molecule has 9 heavy (non-hydrogen) atoms. The number of carbonyl (C=O) groups is 2. The molecule has 0 aliphatic carbocycles.